The molecule has 1 aliphatic heterocycles. The highest BCUT2D eigenvalue weighted by Crippen LogP contribution is 2.24. The molecule has 3 rings (SSSR count). The SMILES string of the molecule is C=CC(=O)N1CCC(C(=O)Nc2cc(C(C)C)nn2-c2ccc(C)cc2)C1. The maximum atomic E-state index is 12.8. The molecule has 1 fully saturated rings. The lowest BCUT2D eigenvalue weighted by Crippen LogP contribution is -2.30. The summed E-state index contributed by atoms with van der Waals surface area (Å²) in [6.07, 6.45) is 1.95. The lowest BCUT2D eigenvalue weighted by molar-refractivity contribution is -0.125. The number of likely N-dealkylation sites (tertiary alicyclic amines) is 1. The molecule has 1 atom stereocenters. The molecule has 1 aliphatic rings. The summed E-state index contributed by atoms with van der Waals surface area (Å²) in [6, 6.07) is 9.94. The molecule has 2 aromatic rings. The average molecular weight is 366 g/mol. The molecule has 1 aromatic heterocycles. The minimum Gasteiger partial charge on any atom is -0.338 e. The van der Waals surface area contributed by atoms with E-state index < -0.39 is 0 Å². The highest BCUT2D eigenvalue weighted by molar-refractivity contribution is 5.94. The third-order valence-corrected chi connectivity index (χ3v) is 4.89. The molecular formula is C21H26N4O2. The minimum atomic E-state index is -0.224. The molecule has 2 heterocycles. The molecule has 6 nitrogen and oxygen atoms in total. The van der Waals surface area contributed by atoms with E-state index in [1.54, 1.807) is 9.58 Å². The predicted molar refractivity (Wildman–Crippen MR) is 106 cm³/mol. The van der Waals surface area contributed by atoms with Gasteiger partial charge in [-0.3, -0.25) is 9.59 Å². The van der Waals surface area contributed by atoms with Crippen LogP contribution in [0.5, 0.6) is 0 Å². The third kappa shape index (κ3) is 4.10. The number of carbonyl (C=O) groups is 2. The highest BCUT2D eigenvalue weighted by atomic mass is 16.2. The van der Waals surface area contributed by atoms with Gasteiger partial charge in [-0.2, -0.15) is 5.10 Å². The Morgan fingerprint density at radius 1 is 1.30 bits per heavy atom. The molecule has 0 bridgehead atoms. The monoisotopic (exact) mass is 366 g/mol. The number of hydrogen-bond acceptors (Lipinski definition) is 3. The topological polar surface area (TPSA) is 67.2 Å². The van der Waals surface area contributed by atoms with Crippen LogP contribution in [-0.2, 0) is 9.59 Å². The quantitative estimate of drug-likeness (QED) is 0.826. The van der Waals surface area contributed by atoms with E-state index in [9.17, 15) is 9.59 Å². The number of anilines is 1. The summed E-state index contributed by atoms with van der Waals surface area (Å²) >= 11 is 0. The van der Waals surface area contributed by atoms with Crippen LogP contribution in [-0.4, -0.2) is 39.6 Å². The van der Waals surface area contributed by atoms with E-state index >= 15 is 0 Å². The van der Waals surface area contributed by atoms with Crippen LogP contribution in [0.2, 0.25) is 0 Å². The van der Waals surface area contributed by atoms with Crippen molar-refractivity contribution >= 4 is 17.6 Å². The van der Waals surface area contributed by atoms with E-state index in [2.05, 4.69) is 30.8 Å². The largest absolute Gasteiger partial charge is 0.338 e. The minimum absolute atomic E-state index is 0.0852. The van der Waals surface area contributed by atoms with Gasteiger partial charge in [-0.1, -0.05) is 38.1 Å². The molecule has 0 radical (unpaired) electrons. The van der Waals surface area contributed by atoms with Gasteiger partial charge < -0.3 is 10.2 Å². The normalized spacial score (nSPS) is 16.6. The molecule has 1 N–H and O–H groups in total. The summed E-state index contributed by atoms with van der Waals surface area (Å²) in [5.41, 5.74) is 2.98. The number of benzene rings is 1. The van der Waals surface area contributed by atoms with Crippen molar-refractivity contribution in [1.82, 2.24) is 14.7 Å². The van der Waals surface area contributed by atoms with Crippen molar-refractivity contribution in [1.29, 1.82) is 0 Å². The van der Waals surface area contributed by atoms with Gasteiger partial charge in [0.25, 0.3) is 0 Å². The van der Waals surface area contributed by atoms with Gasteiger partial charge in [0.2, 0.25) is 11.8 Å². The number of amides is 2. The molecule has 1 unspecified atom stereocenters. The van der Waals surface area contributed by atoms with Crippen LogP contribution in [0.15, 0.2) is 43.0 Å². The molecule has 1 aromatic carbocycles. The van der Waals surface area contributed by atoms with Crippen molar-refractivity contribution in [3.63, 3.8) is 0 Å². The highest BCUT2D eigenvalue weighted by Gasteiger charge is 2.30. The first kappa shape index (κ1) is 18.9. The summed E-state index contributed by atoms with van der Waals surface area (Å²) in [5.74, 6) is 0.466. The third-order valence-electron chi connectivity index (χ3n) is 4.89. The van der Waals surface area contributed by atoms with E-state index in [4.69, 9.17) is 0 Å². The van der Waals surface area contributed by atoms with Gasteiger partial charge >= 0.3 is 0 Å². The van der Waals surface area contributed by atoms with E-state index in [-0.39, 0.29) is 23.7 Å². The lowest BCUT2D eigenvalue weighted by Gasteiger charge is -2.15. The number of rotatable bonds is 5. The van der Waals surface area contributed by atoms with Crippen molar-refractivity contribution < 1.29 is 9.59 Å². The van der Waals surface area contributed by atoms with Crippen LogP contribution in [0.1, 0.15) is 37.4 Å². The van der Waals surface area contributed by atoms with Crippen LogP contribution in [0, 0.1) is 12.8 Å². The van der Waals surface area contributed by atoms with Crippen LogP contribution < -0.4 is 5.32 Å². The van der Waals surface area contributed by atoms with Gasteiger partial charge in [0.15, 0.2) is 0 Å². The lowest BCUT2D eigenvalue weighted by atomic mass is 10.1. The van der Waals surface area contributed by atoms with E-state index in [0.29, 0.717) is 25.3 Å². The molecule has 142 valence electrons. The second-order valence-corrected chi connectivity index (χ2v) is 7.32. The molecule has 27 heavy (non-hydrogen) atoms. The van der Waals surface area contributed by atoms with Gasteiger partial charge in [-0.05, 0) is 37.5 Å². The molecule has 2 amide bonds. The molecule has 0 spiro atoms. The second kappa shape index (κ2) is 7.78. The van der Waals surface area contributed by atoms with Gasteiger partial charge in [0.05, 0.1) is 17.3 Å². The Kier molecular flexibility index (Phi) is 5.44. The number of hydrogen-bond donors (Lipinski definition) is 1. The predicted octanol–water partition coefficient (Wildman–Crippen LogP) is 3.28. The fourth-order valence-corrected chi connectivity index (χ4v) is 3.19. The molecule has 1 saturated heterocycles. The van der Waals surface area contributed by atoms with Crippen LogP contribution in [0.25, 0.3) is 5.69 Å². The van der Waals surface area contributed by atoms with E-state index in [0.717, 1.165) is 11.4 Å². The molecular weight excluding hydrogens is 340 g/mol. The smallest absolute Gasteiger partial charge is 0.245 e. The second-order valence-electron chi connectivity index (χ2n) is 7.32. The summed E-state index contributed by atoms with van der Waals surface area (Å²) in [6.45, 7) is 10.7. The van der Waals surface area contributed by atoms with Crippen molar-refractivity contribution in [2.24, 2.45) is 5.92 Å². The van der Waals surface area contributed by atoms with Gasteiger partial charge in [0.1, 0.15) is 5.82 Å². The number of aryl methyl sites for hydroxylation is 1. The Hall–Kier alpha value is -2.89. The fourth-order valence-electron chi connectivity index (χ4n) is 3.19. The van der Waals surface area contributed by atoms with Crippen LogP contribution >= 0.6 is 0 Å². The van der Waals surface area contributed by atoms with Gasteiger partial charge in [-0.15, -0.1) is 0 Å². The Labute approximate surface area is 159 Å². The molecule has 0 aliphatic carbocycles. The van der Waals surface area contributed by atoms with Crippen molar-refractivity contribution in [3.05, 3.63) is 54.2 Å². The Bertz CT molecular complexity index is 852. The molecule has 0 saturated carbocycles. The average Bonchev–Trinajstić information content (AvgIpc) is 3.29. The van der Waals surface area contributed by atoms with E-state index in [1.165, 1.54) is 11.6 Å². The first-order chi connectivity index (χ1) is 12.9. The Morgan fingerprint density at radius 3 is 2.63 bits per heavy atom. The molecule has 6 heteroatoms. The van der Waals surface area contributed by atoms with Gasteiger partial charge in [-0.25, -0.2) is 4.68 Å². The van der Waals surface area contributed by atoms with Crippen molar-refractivity contribution in [3.8, 4) is 5.69 Å². The summed E-state index contributed by atoms with van der Waals surface area (Å²) < 4.78 is 1.77. The number of nitrogens with zero attached hydrogens (tertiary/aromatic N) is 3. The maximum absolute atomic E-state index is 12.8. The van der Waals surface area contributed by atoms with Crippen LogP contribution in [0.4, 0.5) is 5.82 Å². The van der Waals surface area contributed by atoms with Gasteiger partial charge in [0, 0.05) is 19.2 Å². The first-order valence-electron chi connectivity index (χ1n) is 9.28. The first-order valence-corrected chi connectivity index (χ1v) is 9.28. The summed E-state index contributed by atoms with van der Waals surface area (Å²) in [4.78, 5) is 26.2. The van der Waals surface area contributed by atoms with Crippen molar-refractivity contribution in [2.75, 3.05) is 18.4 Å². The van der Waals surface area contributed by atoms with E-state index in [1.807, 2.05) is 37.3 Å². The number of carbonyl (C=O) groups excluding carboxylic acids is 2. The fraction of sp³-hybridized carbons (Fsp3) is 0.381. The Morgan fingerprint density at radius 2 is 2.00 bits per heavy atom. The Balaban J connectivity index is 1.81. The zero-order valence-electron chi connectivity index (χ0n) is 16.1. The zero-order valence-corrected chi connectivity index (χ0v) is 16.1. The van der Waals surface area contributed by atoms with Crippen molar-refractivity contribution in [2.45, 2.75) is 33.1 Å². The van der Waals surface area contributed by atoms with Crippen LogP contribution in [0.3, 0.4) is 0 Å². The standard InChI is InChI=1S/C21H26N4O2/c1-5-20(26)24-11-10-16(13-24)21(27)22-19-12-18(14(2)3)23-25(19)17-8-6-15(4)7-9-17/h5-9,12,14,16H,1,10-11,13H2,2-4H3,(H,22,27). The number of aromatic nitrogens is 2. The number of nitrogens with one attached hydrogen (secondary N) is 1. The zero-order chi connectivity index (χ0) is 19.6. The maximum Gasteiger partial charge on any atom is 0.245 e. The summed E-state index contributed by atoms with van der Waals surface area (Å²) in [5, 5.41) is 7.69. The summed E-state index contributed by atoms with van der Waals surface area (Å²) in [7, 11) is 0.